The van der Waals surface area contributed by atoms with Crippen LogP contribution in [0.1, 0.15) is 11.1 Å². The maximum Gasteiger partial charge on any atom is 0.307 e. The largest absolute Gasteiger partial charge is 0.495 e. The number of rotatable bonds is 4. The van der Waals surface area contributed by atoms with Crippen LogP contribution in [0.15, 0.2) is 17.0 Å². The maximum atomic E-state index is 11.4. The van der Waals surface area contributed by atoms with E-state index in [9.17, 15) is 13.2 Å². The molecule has 0 aliphatic heterocycles. The number of carbonyl (C=O) groups is 1. The van der Waals surface area contributed by atoms with Crippen molar-refractivity contribution in [2.75, 3.05) is 7.11 Å². The smallest absolute Gasteiger partial charge is 0.307 e. The maximum absolute atomic E-state index is 11.4. The number of sulfonamides is 1. The molecule has 0 bridgehead atoms. The molecule has 0 saturated heterocycles. The topological polar surface area (TPSA) is 107 Å². The molecule has 0 atom stereocenters. The van der Waals surface area contributed by atoms with E-state index in [-0.39, 0.29) is 22.6 Å². The molecule has 0 saturated carbocycles. The van der Waals surface area contributed by atoms with Crippen molar-refractivity contribution in [2.24, 2.45) is 5.14 Å². The van der Waals surface area contributed by atoms with Gasteiger partial charge in [-0.2, -0.15) is 0 Å². The van der Waals surface area contributed by atoms with E-state index in [0.29, 0.717) is 5.56 Å². The number of aryl methyl sites for hydroxylation is 1. The van der Waals surface area contributed by atoms with Crippen molar-refractivity contribution in [1.82, 2.24) is 0 Å². The number of benzene rings is 1. The lowest BCUT2D eigenvalue weighted by Crippen LogP contribution is -2.15. The first kappa shape index (κ1) is 13.5. The van der Waals surface area contributed by atoms with Crippen LogP contribution in [0.2, 0.25) is 0 Å². The summed E-state index contributed by atoms with van der Waals surface area (Å²) in [6, 6.07) is 2.90. The molecule has 0 aliphatic carbocycles. The molecule has 0 fully saturated rings. The molecule has 0 aromatic heterocycles. The van der Waals surface area contributed by atoms with Crippen molar-refractivity contribution >= 4 is 16.0 Å². The summed E-state index contributed by atoms with van der Waals surface area (Å²) < 4.78 is 27.6. The van der Waals surface area contributed by atoms with Crippen LogP contribution in [0.5, 0.6) is 5.75 Å². The second-order valence-electron chi connectivity index (χ2n) is 3.57. The standard InChI is InChI=1S/C10H13NO5S/c1-6-3-7(5-9(12)13)10(16-2)8(4-6)17(11,14)15/h3-4H,5H2,1-2H3,(H,12,13)(H2,11,14,15). The number of hydrogen-bond donors (Lipinski definition) is 2. The Bertz CT molecular complexity index is 550. The van der Waals surface area contributed by atoms with E-state index in [0.717, 1.165) is 0 Å². The Balaban J connectivity index is 3.51. The van der Waals surface area contributed by atoms with Crippen molar-refractivity contribution in [3.63, 3.8) is 0 Å². The van der Waals surface area contributed by atoms with Crippen molar-refractivity contribution in [3.8, 4) is 5.75 Å². The second-order valence-corrected chi connectivity index (χ2v) is 5.10. The summed E-state index contributed by atoms with van der Waals surface area (Å²) in [5.74, 6) is -1.09. The van der Waals surface area contributed by atoms with Gasteiger partial charge in [0.05, 0.1) is 13.5 Å². The third-order valence-corrected chi connectivity index (χ3v) is 3.04. The van der Waals surface area contributed by atoms with E-state index in [1.165, 1.54) is 13.2 Å². The summed E-state index contributed by atoms with van der Waals surface area (Å²) in [6.07, 6.45) is -0.326. The minimum absolute atomic E-state index is 0.0134. The van der Waals surface area contributed by atoms with Gasteiger partial charge in [0, 0.05) is 5.56 Å². The Morgan fingerprint density at radius 1 is 1.47 bits per heavy atom. The average Bonchev–Trinajstić information content (AvgIpc) is 2.14. The van der Waals surface area contributed by atoms with E-state index in [4.69, 9.17) is 15.0 Å². The molecule has 0 aliphatic rings. The zero-order valence-corrected chi connectivity index (χ0v) is 10.2. The first-order valence-electron chi connectivity index (χ1n) is 4.68. The SMILES string of the molecule is COc1c(CC(=O)O)cc(C)cc1S(N)(=O)=O. The molecule has 6 nitrogen and oxygen atoms in total. The summed E-state index contributed by atoms with van der Waals surface area (Å²) in [5.41, 5.74) is 0.884. The molecule has 3 N–H and O–H groups in total. The van der Waals surface area contributed by atoms with Crippen LogP contribution in [0, 0.1) is 6.92 Å². The molecule has 1 rings (SSSR count). The van der Waals surface area contributed by atoms with E-state index >= 15 is 0 Å². The highest BCUT2D eigenvalue weighted by Crippen LogP contribution is 2.29. The van der Waals surface area contributed by atoms with Crippen molar-refractivity contribution in [1.29, 1.82) is 0 Å². The van der Waals surface area contributed by atoms with Crippen LogP contribution < -0.4 is 9.88 Å². The average molecular weight is 259 g/mol. The van der Waals surface area contributed by atoms with Crippen LogP contribution in [-0.4, -0.2) is 26.6 Å². The molecule has 0 unspecified atom stereocenters. The minimum Gasteiger partial charge on any atom is -0.495 e. The number of nitrogens with two attached hydrogens (primary N) is 1. The lowest BCUT2D eigenvalue weighted by Gasteiger charge is -2.12. The van der Waals surface area contributed by atoms with Crippen molar-refractivity contribution in [3.05, 3.63) is 23.3 Å². The molecule has 94 valence electrons. The van der Waals surface area contributed by atoms with Crippen LogP contribution in [0.4, 0.5) is 0 Å². The van der Waals surface area contributed by atoms with E-state index in [2.05, 4.69) is 0 Å². The second kappa shape index (κ2) is 4.72. The van der Waals surface area contributed by atoms with Crippen LogP contribution in [0.3, 0.4) is 0 Å². The van der Waals surface area contributed by atoms with Gasteiger partial charge in [0.1, 0.15) is 10.6 Å². The van der Waals surface area contributed by atoms with Gasteiger partial charge >= 0.3 is 5.97 Å². The highest BCUT2D eigenvalue weighted by Gasteiger charge is 2.20. The van der Waals surface area contributed by atoms with Gasteiger partial charge in [0.2, 0.25) is 10.0 Å². The lowest BCUT2D eigenvalue weighted by atomic mass is 10.1. The van der Waals surface area contributed by atoms with Gasteiger partial charge in [0.25, 0.3) is 0 Å². The van der Waals surface area contributed by atoms with Crippen LogP contribution in [0.25, 0.3) is 0 Å². The predicted octanol–water partition coefficient (Wildman–Crippen LogP) is 0.278. The molecule has 0 spiro atoms. The number of carboxylic acid groups (broad SMARTS) is 1. The number of methoxy groups -OCH3 is 1. The van der Waals surface area contributed by atoms with Gasteiger partial charge in [-0.3, -0.25) is 4.79 Å². The Labute approximate surface area is 99.1 Å². The zero-order valence-electron chi connectivity index (χ0n) is 9.43. The van der Waals surface area contributed by atoms with Crippen molar-refractivity contribution in [2.45, 2.75) is 18.2 Å². The molecular formula is C10H13NO5S. The minimum atomic E-state index is -3.94. The van der Waals surface area contributed by atoms with Gasteiger partial charge in [-0.25, -0.2) is 13.6 Å². The molecule has 17 heavy (non-hydrogen) atoms. The Kier molecular flexibility index (Phi) is 3.74. The molecule has 0 heterocycles. The monoisotopic (exact) mass is 259 g/mol. The van der Waals surface area contributed by atoms with Crippen LogP contribution >= 0.6 is 0 Å². The summed E-state index contributed by atoms with van der Waals surface area (Å²) in [5, 5.41) is 13.8. The number of carboxylic acids is 1. The first-order valence-corrected chi connectivity index (χ1v) is 6.22. The number of primary sulfonamides is 1. The molecule has 1 aromatic carbocycles. The predicted molar refractivity (Wildman–Crippen MR) is 60.4 cm³/mol. The molecule has 7 heteroatoms. The van der Waals surface area contributed by atoms with Gasteiger partial charge in [0.15, 0.2) is 0 Å². The van der Waals surface area contributed by atoms with Crippen LogP contribution in [-0.2, 0) is 21.2 Å². The molecule has 1 aromatic rings. The summed E-state index contributed by atoms with van der Waals surface area (Å²) in [6.45, 7) is 1.65. The Morgan fingerprint density at radius 3 is 2.47 bits per heavy atom. The molecule has 0 amide bonds. The fourth-order valence-electron chi connectivity index (χ4n) is 1.55. The normalized spacial score (nSPS) is 11.2. The first-order chi connectivity index (χ1) is 7.75. The highest BCUT2D eigenvalue weighted by molar-refractivity contribution is 7.89. The lowest BCUT2D eigenvalue weighted by molar-refractivity contribution is -0.136. The summed E-state index contributed by atoms with van der Waals surface area (Å²) in [7, 11) is -2.68. The summed E-state index contributed by atoms with van der Waals surface area (Å²) in [4.78, 5) is 10.5. The molecule has 0 radical (unpaired) electrons. The summed E-state index contributed by atoms with van der Waals surface area (Å²) >= 11 is 0. The van der Waals surface area contributed by atoms with Gasteiger partial charge in [-0.1, -0.05) is 6.07 Å². The van der Waals surface area contributed by atoms with Gasteiger partial charge < -0.3 is 9.84 Å². The number of aliphatic carboxylic acids is 1. The van der Waals surface area contributed by atoms with E-state index < -0.39 is 16.0 Å². The quantitative estimate of drug-likeness (QED) is 0.807. The van der Waals surface area contributed by atoms with E-state index in [1.54, 1.807) is 13.0 Å². The number of ether oxygens (including phenoxy) is 1. The van der Waals surface area contributed by atoms with Gasteiger partial charge in [-0.15, -0.1) is 0 Å². The van der Waals surface area contributed by atoms with E-state index in [1.807, 2.05) is 0 Å². The molecular weight excluding hydrogens is 246 g/mol. The third-order valence-electron chi connectivity index (χ3n) is 2.13. The Hall–Kier alpha value is -1.60. The highest BCUT2D eigenvalue weighted by atomic mass is 32.2. The fraction of sp³-hybridized carbons (Fsp3) is 0.300. The van der Waals surface area contributed by atoms with Crippen molar-refractivity contribution < 1.29 is 23.1 Å². The Morgan fingerprint density at radius 2 is 2.06 bits per heavy atom. The number of hydrogen-bond acceptors (Lipinski definition) is 4. The third kappa shape index (κ3) is 3.18. The fourth-order valence-corrected chi connectivity index (χ4v) is 2.37. The zero-order chi connectivity index (χ0) is 13.2. The van der Waals surface area contributed by atoms with Gasteiger partial charge in [-0.05, 0) is 18.6 Å².